The molecule has 29 heavy (non-hydrogen) atoms. The van der Waals surface area contributed by atoms with Gasteiger partial charge in [0.1, 0.15) is 5.70 Å². The minimum Gasteiger partial charge on any atom is -0.395 e. The number of carbonyl (C=O) groups is 2. The van der Waals surface area contributed by atoms with Crippen LogP contribution in [0.1, 0.15) is 0 Å². The number of amides is 2. The number of nitrogens with one attached hydrogen (secondary N) is 2. The van der Waals surface area contributed by atoms with E-state index in [1.165, 1.54) is 42.5 Å². The summed E-state index contributed by atoms with van der Waals surface area (Å²) in [4.78, 5) is 24.8. The maximum absolute atomic E-state index is 12.5. The van der Waals surface area contributed by atoms with Crippen LogP contribution in [-0.4, -0.2) is 43.4 Å². The summed E-state index contributed by atoms with van der Waals surface area (Å²) in [7, 11) is -3.89. The van der Waals surface area contributed by atoms with E-state index >= 15 is 0 Å². The number of aliphatic hydroxyl groups excluding tert-OH is 1. The maximum atomic E-state index is 12.5. The number of β-amino-alcohol motifs (C(OH)–C–C–N with tert-alkyl or cyclic N) is 1. The van der Waals surface area contributed by atoms with Gasteiger partial charge in [0.05, 0.1) is 23.7 Å². The first-order chi connectivity index (χ1) is 13.7. The molecule has 2 amide bonds. The third-order valence-electron chi connectivity index (χ3n) is 3.89. The van der Waals surface area contributed by atoms with Crippen LogP contribution in [0.15, 0.2) is 59.1 Å². The number of anilines is 2. The molecule has 1 aliphatic rings. The predicted molar refractivity (Wildman–Crippen MR) is 109 cm³/mol. The fourth-order valence-corrected chi connectivity index (χ4v) is 4.18. The second kappa shape index (κ2) is 8.42. The summed E-state index contributed by atoms with van der Waals surface area (Å²) in [5.74, 6) is -1.10. The second-order valence-electron chi connectivity index (χ2n) is 5.99. The van der Waals surface area contributed by atoms with Gasteiger partial charge in [-0.15, -0.1) is 0 Å². The average molecular weight is 456 g/mol. The van der Waals surface area contributed by atoms with E-state index in [0.717, 1.165) is 11.0 Å². The zero-order valence-corrected chi connectivity index (χ0v) is 17.1. The smallest absolute Gasteiger partial charge is 0.277 e. The van der Waals surface area contributed by atoms with Gasteiger partial charge in [-0.05, 0) is 42.5 Å². The van der Waals surface area contributed by atoms with Crippen LogP contribution in [0.3, 0.4) is 0 Å². The van der Waals surface area contributed by atoms with Crippen molar-refractivity contribution in [1.29, 1.82) is 0 Å². The molecule has 1 heterocycles. The molecule has 8 nitrogen and oxygen atoms in total. The van der Waals surface area contributed by atoms with Gasteiger partial charge in [0, 0.05) is 21.8 Å². The largest absolute Gasteiger partial charge is 0.395 e. The first-order valence-electron chi connectivity index (χ1n) is 8.24. The van der Waals surface area contributed by atoms with Crippen molar-refractivity contribution in [2.24, 2.45) is 0 Å². The normalized spacial score (nSPS) is 14.2. The minimum absolute atomic E-state index is 0.0242. The summed E-state index contributed by atoms with van der Waals surface area (Å²) < 4.78 is 27.4. The minimum atomic E-state index is -3.89. The Kier molecular flexibility index (Phi) is 6.13. The van der Waals surface area contributed by atoms with Gasteiger partial charge >= 0.3 is 0 Å². The van der Waals surface area contributed by atoms with Gasteiger partial charge < -0.3 is 10.4 Å². The molecule has 0 aromatic heterocycles. The van der Waals surface area contributed by atoms with E-state index in [4.69, 9.17) is 28.3 Å². The molecule has 0 saturated carbocycles. The zero-order chi connectivity index (χ0) is 21.2. The predicted octanol–water partition coefficient (Wildman–Crippen LogP) is 2.45. The molecule has 0 aliphatic carbocycles. The van der Waals surface area contributed by atoms with Crippen molar-refractivity contribution < 1.29 is 23.1 Å². The fourth-order valence-electron chi connectivity index (χ4n) is 2.61. The van der Waals surface area contributed by atoms with Crippen molar-refractivity contribution in [3.8, 4) is 0 Å². The number of sulfonamides is 1. The summed E-state index contributed by atoms with van der Waals surface area (Å²) in [6.45, 7) is -0.439. The van der Waals surface area contributed by atoms with Crippen molar-refractivity contribution >= 4 is 56.4 Å². The molecular formula is C18H15Cl2N3O5S. The third-order valence-corrected chi connectivity index (χ3v) is 5.73. The quantitative estimate of drug-likeness (QED) is 0.552. The number of hydrogen-bond acceptors (Lipinski definition) is 6. The first kappa shape index (κ1) is 21.1. The van der Waals surface area contributed by atoms with E-state index in [1.54, 1.807) is 0 Å². The van der Waals surface area contributed by atoms with Crippen LogP contribution in [0.4, 0.5) is 11.4 Å². The maximum Gasteiger partial charge on any atom is 0.277 e. The number of halogens is 2. The van der Waals surface area contributed by atoms with E-state index in [-0.39, 0.29) is 39.5 Å². The van der Waals surface area contributed by atoms with Gasteiger partial charge in [0.2, 0.25) is 0 Å². The van der Waals surface area contributed by atoms with Crippen LogP contribution >= 0.6 is 23.2 Å². The summed E-state index contributed by atoms with van der Waals surface area (Å²) in [5, 5.41) is 12.3. The van der Waals surface area contributed by atoms with Gasteiger partial charge in [-0.25, -0.2) is 8.42 Å². The fraction of sp³-hybridized carbons (Fsp3) is 0.111. The second-order valence-corrected chi connectivity index (χ2v) is 8.54. The number of hydrogen-bond donors (Lipinski definition) is 3. The molecule has 0 bridgehead atoms. The van der Waals surface area contributed by atoms with Crippen molar-refractivity contribution in [1.82, 2.24) is 4.90 Å². The highest BCUT2D eigenvalue weighted by Gasteiger charge is 2.30. The van der Waals surface area contributed by atoms with Crippen LogP contribution in [-0.2, 0) is 19.6 Å². The third kappa shape index (κ3) is 4.88. The highest BCUT2D eigenvalue weighted by atomic mass is 35.5. The van der Waals surface area contributed by atoms with Gasteiger partial charge in [-0.2, -0.15) is 0 Å². The Hall–Kier alpha value is -2.59. The first-order valence-corrected chi connectivity index (χ1v) is 10.5. The van der Waals surface area contributed by atoms with Crippen LogP contribution < -0.4 is 10.0 Å². The van der Waals surface area contributed by atoms with Crippen LogP contribution in [0, 0.1) is 0 Å². The van der Waals surface area contributed by atoms with E-state index in [9.17, 15) is 18.0 Å². The Balaban J connectivity index is 1.74. The van der Waals surface area contributed by atoms with Crippen molar-refractivity contribution in [2.45, 2.75) is 4.90 Å². The molecule has 0 spiro atoms. The molecule has 3 rings (SSSR count). The molecule has 3 N–H and O–H groups in total. The summed E-state index contributed by atoms with van der Waals surface area (Å²) in [6.07, 6.45) is 1.12. The average Bonchev–Trinajstić information content (AvgIpc) is 2.89. The highest BCUT2D eigenvalue weighted by molar-refractivity contribution is 7.92. The molecule has 11 heteroatoms. The van der Waals surface area contributed by atoms with Gasteiger partial charge in [-0.3, -0.25) is 19.2 Å². The lowest BCUT2D eigenvalue weighted by molar-refractivity contribution is -0.137. The molecule has 2 aromatic carbocycles. The summed E-state index contributed by atoms with van der Waals surface area (Å²) in [5.41, 5.74) is 0.660. The Morgan fingerprint density at radius 1 is 0.966 bits per heavy atom. The van der Waals surface area contributed by atoms with Crippen LogP contribution in [0.5, 0.6) is 0 Å². The number of benzene rings is 2. The van der Waals surface area contributed by atoms with E-state index in [1.807, 2.05) is 0 Å². The molecule has 152 valence electrons. The van der Waals surface area contributed by atoms with E-state index in [2.05, 4.69) is 10.0 Å². The number of imide groups is 1. The molecule has 1 aliphatic heterocycles. The van der Waals surface area contributed by atoms with Crippen LogP contribution in [0.2, 0.25) is 10.0 Å². The number of carbonyl (C=O) groups excluding carboxylic acids is 2. The Morgan fingerprint density at radius 3 is 2.17 bits per heavy atom. The number of rotatable bonds is 7. The zero-order valence-electron chi connectivity index (χ0n) is 14.7. The lowest BCUT2D eigenvalue weighted by Crippen LogP contribution is -2.34. The van der Waals surface area contributed by atoms with Crippen molar-refractivity contribution in [2.75, 3.05) is 23.2 Å². The number of nitrogens with zero attached hydrogens (tertiary/aromatic N) is 1. The summed E-state index contributed by atoms with van der Waals surface area (Å²) in [6, 6.07) is 9.91. The van der Waals surface area contributed by atoms with E-state index < -0.39 is 21.8 Å². The van der Waals surface area contributed by atoms with Crippen molar-refractivity contribution in [3.63, 3.8) is 0 Å². The van der Waals surface area contributed by atoms with Gasteiger partial charge in [-0.1, -0.05) is 23.2 Å². The topological polar surface area (TPSA) is 116 Å². The molecule has 2 aromatic rings. The lowest BCUT2D eigenvalue weighted by Gasteiger charge is -2.13. The SMILES string of the molecule is O=C1C=C(Nc2ccc(S(=O)(=O)Nc3cc(Cl)cc(Cl)c3)cc2)C(=O)N1CCO. The lowest BCUT2D eigenvalue weighted by atomic mass is 10.3. The molecule has 0 radical (unpaired) electrons. The molecule has 0 fully saturated rings. The Labute approximate surface area is 176 Å². The Morgan fingerprint density at radius 2 is 1.59 bits per heavy atom. The van der Waals surface area contributed by atoms with Crippen molar-refractivity contribution in [3.05, 3.63) is 64.3 Å². The number of aliphatic hydroxyl groups is 1. The Bertz CT molecular complexity index is 1080. The van der Waals surface area contributed by atoms with E-state index in [0.29, 0.717) is 5.69 Å². The molecule has 0 atom stereocenters. The molecule has 0 unspecified atom stereocenters. The van der Waals surface area contributed by atoms with Crippen LogP contribution in [0.25, 0.3) is 0 Å². The molecular weight excluding hydrogens is 441 g/mol. The van der Waals surface area contributed by atoms with Gasteiger partial charge in [0.25, 0.3) is 21.8 Å². The summed E-state index contributed by atoms with van der Waals surface area (Å²) >= 11 is 11.8. The molecule has 0 saturated heterocycles. The standard InChI is InChI=1S/C18H15Cl2N3O5S/c19-11-7-12(20)9-14(8-11)22-29(27,28)15-3-1-13(2-4-15)21-16-10-17(25)23(5-6-24)18(16)26/h1-4,7-10,21-22,24H,5-6H2. The highest BCUT2D eigenvalue weighted by Crippen LogP contribution is 2.25. The van der Waals surface area contributed by atoms with Gasteiger partial charge in [0.15, 0.2) is 0 Å². The monoisotopic (exact) mass is 455 g/mol.